The molecule has 36 heavy (non-hydrogen) atoms. The maximum atomic E-state index is 13.4. The van der Waals surface area contributed by atoms with Crippen molar-refractivity contribution in [1.82, 2.24) is 19.5 Å². The Balaban J connectivity index is 1.57. The van der Waals surface area contributed by atoms with Gasteiger partial charge in [-0.3, -0.25) is 9.10 Å². The Bertz CT molecular complexity index is 1680. The van der Waals surface area contributed by atoms with Crippen LogP contribution in [0.25, 0.3) is 28.1 Å². The van der Waals surface area contributed by atoms with E-state index in [0.29, 0.717) is 17.0 Å². The Hall–Kier alpha value is -3.86. The maximum Gasteiger partial charge on any atom is 0.324 e. The van der Waals surface area contributed by atoms with Gasteiger partial charge in [-0.15, -0.1) is 0 Å². The predicted molar refractivity (Wildman–Crippen MR) is 137 cm³/mol. The molecule has 5 aromatic rings. The number of carbonyl (C=O) groups is 1. The Labute approximate surface area is 215 Å². The lowest BCUT2D eigenvalue weighted by atomic mass is 10.2. The van der Waals surface area contributed by atoms with Crippen LogP contribution in [-0.2, 0) is 14.8 Å². The van der Waals surface area contributed by atoms with Gasteiger partial charge in [-0.25, -0.2) is 18.4 Å². The van der Waals surface area contributed by atoms with E-state index in [9.17, 15) is 18.3 Å². The molecule has 0 bridgehead atoms. The second-order valence-electron chi connectivity index (χ2n) is 7.78. The molecule has 2 N–H and O–H groups in total. The zero-order valence-electron chi connectivity index (χ0n) is 18.3. The number of nitrogens with one attached hydrogen (secondary N) is 1. The van der Waals surface area contributed by atoms with Gasteiger partial charge in [0.1, 0.15) is 18.2 Å². The molecule has 0 saturated heterocycles. The number of anilines is 1. The lowest BCUT2D eigenvalue weighted by molar-refractivity contribution is -0.135. The van der Waals surface area contributed by atoms with Gasteiger partial charge in [-0.2, -0.15) is 0 Å². The molecule has 0 aliphatic rings. The van der Waals surface area contributed by atoms with Crippen LogP contribution in [0.3, 0.4) is 0 Å². The van der Waals surface area contributed by atoms with Gasteiger partial charge in [0.2, 0.25) is 0 Å². The standard InChI is InChI=1S/C24H17Cl2N5O4S/c25-17-11-18(26)13-20(12-17)36(34,35)31(14-23(32)33)19-1-2-21-15(9-19)4-8-30(21)22-10-16(3-5-27-22)24-28-6-7-29-24/h1-13H,14H2,(H,28,29)(H,32,33). The first kappa shape index (κ1) is 23.9. The molecule has 5 rings (SSSR count). The van der Waals surface area contributed by atoms with Gasteiger partial charge in [0.15, 0.2) is 0 Å². The third-order valence-electron chi connectivity index (χ3n) is 5.43. The molecule has 0 unspecified atom stereocenters. The number of pyridine rings is 1. The maximum absolute atomic E-state index is 13.4. The summed E-state index contributed by atoms with van der Waals surface area (Å²) in [6, 6.07) is 14.2. The van der Waals surface area contributed by atoms with Crippen LogP contribution >= 0.6 is 23.2 Å². The van der Waals surface area contributed by atoms with Gasteiger partial charge in [-0.05, 0) is 54.6 Å². The molecule has 0 fully saturated rings. The van der Waals surface area contributed by atoms with Crippen LogP contribution in [0.2, 0.25) is 10.0 Å². The summed E-state index contributed by atoms with van der Waals surface area (Å²) in [5.41, 5.74) is 1.78. The van der Waals surface area contributed by atoms with E-state index in [4.69, 9.17) is 23.2 Å². The van der Waals surface area contributed by atoms with E-state index < -0.39 is 22.5 Å². The van der Waals surface area contributed by atoms with Crippen molar-refractivity contribution in [3.05, 3.63) is 89.4 Å². The summed E-state index contributed by atoms with van der Waals surface area (Å²) in [5.74, 6) is 0.0200. The van der Waals surface area contributed by atoms with Gasteiger partial charge in [-0.1, -0.05) is 23.2 Å². The molecule has 3 aromatic heterocycles. The highest BCUT2D eigenvalue weighted by Gasteiger charge is 2.28. The Morgan fingerprint density at radius 2 is 1.78 bits per heavy atom. The van der Waals surface area contributed by atoms with Crippen LogP contribution in [0, 0.1) is 0 Å². The number of imidazole rings is 1. The third kappa shape index (κ3) is 4.53. The molecule has 9 nitrogen and oxygen atoms in total. The lowest BCUT2D eigenvalue weighted by Gasteiger charge is -2.23. The predicted octanol–water partition coefficient (Wildman–Crippen LogP) is 5.00. The Morgan fingerprint density at radius 3 is 2.47 bits per heavy atom. The van der Waals surface area contributed by atoms with Gasteiger partial charge in [0.05, 0.1) is 16.1 Å². The van der Waals surface area contributed by atoms with Crippen LogP contribution in [0.5, 0.6) is 0 Å². The van der Waals surface area contributed by atoms with Crippen molar-refractivity contribution in [2.45, 2.75) is 4.90 Å². The summed E-state index contributed by atoms with van der Waals surface area (Å²) in [6.45, 7) is -0.786. The van der Waals surface area contributed by atoms with Crippen LogP contribution in [0.1, 0.15) is 0 Å². The highest BCUT2D eigenvalue weighted by Crippen LogP contribution is 2.31. The number of carboxylic acids is 1. The van der Waals surface area contributed by atoms with E-state index in [1.54, 1.807) is 49.1 Å². The molecule has 2 aromatic carbocycles. The lowest BCUT2D eigenvalue weighted by Crippen LogP contribution is -2.35. The average molecular weight is 542 g/mol. The number of H-pyrrole nitrogens is 1. The van der Waals surface area contributed by atoms with Crippen molar-refractivity contribution in [3.8, 4) is 17.2 Å². The molecular formula is C24H17Cl2N5O4S. The van der Waals surface area contributed by atoms with Crippen LogP contribution < -0.4 is 4.31 Å². The largest absolute Gasteiger partial charge is 0.480 e. The first-order valence-corrected chi connectivity index (χ1v) is 12.7. The number of fused-ring (bicyclic) bond motifs is 1. The fourth-order valence-corrected chi connectivity index (χ4v) is 5.98. The first-order chi connectivity index (χ1) is 17.2. The van der Waals surface area contributed by atoms with Crippen molar-refractivity contribution in [2.24, 2.45) is 0 Å². The van der Waals surface area contributed by atoms with E-state index >= 15 is 0 Å². The number of sulfonamides is 1. The summed E-state index contributed by atoms with van der Waals surface area (Å²) < 4.78 is 29.5. The molecule has 0 aliphatic carbocycles. The molecule has 3 heterocycles. The van der Waals surface area contributed by atoms with Crippen molar-refractivity contribution >= 4 is 55.8 Å². The zero-order chi connectivity index (χ0) is 25.4. The summed E-state index contributed by atoms with van der Waals surface area (Å²) in [6.07, 6.45) is 6.87. The topological polar surface area (TPSA) is 121 Å². The van der Waals surface area contributed by atoms with E-state index in [0.717, 1.165) is 15.4 Å². The second kappa shape index (κ2) is 9.30. The smallest absolute Gasteiger partial charge is 0.324 e. The molecule has 0 atom stereocenters. The number of rotatable bonds is 7. The van der Waals surface area contributed by atoms with Crippen molar-refractivity contribution < 1.29 is 18.3 Å². The molecule has 0 amide bonds. The quantitative estimate of drug-likeness (QED) is 0.299. The molecule has 0 radical (unpaired) electrons. The minimum Gasteiger partial charge on any atom is -0.480 e. The molecule has 0 saturated carbocycles. The molecule has 0 aliphatic heterocycles. The van der Waals surface area contributed by atoms with Gasteiger partial charge in [0, 0.05) is 45.8 Å². The number of carboxylic acid groups (broad SMARTS) is 1. The SMILES string of the molecule is O=C(O)CN(c1ccc2c(ccn2-c2cc(-c3ncc[nH]3)ccn2)c1)S(=O)(=O)c1cc(Cl)cc(Cl)c1. The number of hydrogen-bond acceptors (Lipinski definition) is 5. The number of halogens is 2. The van der Waals surface area contributed by atoms with E-state index in [2.05, 4.69) is 15.0 Å². The van der Waals surface area contributed by atoms with E-state index in [-0.39, 0.29) is 20.6 Å². The summed E-state index contributed by atoms with van der Waals surface area (Å²) in [7, 11) is -4.28. The fourth-order valence-electron chi connectivity index (χ4n) is 3.85. The monoisotopic (exact) mass is 541 g/mol. The summed E-state index contributed by atoms with van der Waals surface area (Å²) in [5, 5.41) is 10.4. The van der Waals surface area contributed by atoms with Crippen molar-refractivity contribution in [1.29, 1.82) is 0 Å². The fraction of sp³-hybridized carbons (Fsp3) is 0.0417. The highest BCUT2D eigenvalue weighted by atomic mass is 35.5. The normalized spacial score (nSPS) is 11.6. The number of nitrogens with zero attached hydrogens (tertiary/aromatic N) is 4. The van der Waals surface area contributed by atoms with Gasteiger partial charge < -0.3 is 14.7 Å². The summed E-state index contributed by atoms with van der Waals surface area (Å²) >= 11 is 12.0. The van der Waals surface area contributed by atoms with Crippen LogP contribution in [0.4, 0.5) is 5.69 Å². The molecule has 182 valence electrons. The van der Waals surface area contributed by atoms with Crippen molar-refractivity contribution in [2.75, 3.05) is 10.8 Å². The number of aromatic amines is 1. The Kier molecular flexibility index (Phi) is 6.17. The first-order valence-electron chi connectivity index (χ1n) is 10.5. The highest BCUT2D eigenvalue weighted by molar-refractivity contribution is 7.92. The summed E-state index contributed by atoms with van der Waals surface area (Å²) in [4.78, 5) is 23.2. The van der Waals surface area contributed by atoms with E-state index in [1.165, 1.54) is 18.2 Å². The third-order valence-corrected chi connectivity index (χ3v) is 7.62. The Morgan fingerprint density at radius 1 is 1.00 bits per heavy atom. The van der Waals surface area contributed by atoms with Crippen molar-refractivity contribution in [3.63, 3.8) is 0 Å². The average Bonchev–Trinajstić information content (AvgIpc) is 3.52. The molecule has 12 heteroatoms. The molecular weight excluding hydrogens is 525 g/mol. The number of benzene rings is 2. The van der Waals surface area contributed by atoms with Gasteiger partial charge in [0.25, 0.3) is 10.0 Å². The van der Waals surface area contributed by atoms with Crippen LogP contribution in [0.15, 0.2) is 84.3 Å². The number of aliphatic carboxylic acids is 1. The zero-order valence-corrected chi connectivity index (χ0v) is 20.7. The number of aromatic nitrogens is 4. The molecule has 0 spiro atoms. The van der Waals surface area contributed by atoms with Gasteiger partial charge >= 0.3 is 5.97 Å². The second-order valence-corrected chi connectivity index (χ2v) is 10.5. The minimum absolute atomic E-state index is 0.119. The van der Waals surface area contributed by atoms with Crippen LogP contribution in [-0.4, -0.2) is 45.6 Å². The number of hydrogen-bond donors (Lipinski definition) is 2. The van der Waals surface area contributed by atoms with E-state index in [1.807, 2.05) is 16.7 Å². The minimum atomic E-state index is -4.28.